The molecule has 6 nitrogen and oxygen atoms in total. The van der Waals surface area contributed by atoms with E-state index in [4.69, 9.17) is 10.4 Å². The van der Waals surface area contributed by atoms with Crippen LogP contribution in [-0.4, -0.2) is 28.2 Å². The summed E-state index contributed by atoms with van der Waals surface area (Å²) in [6, 6.07) is 11.1. The van der Waals surface area contributed by atoms with Gasteiger partial charge in [0.25, 0.3) is 0 Å². The number of para-hydroxylation sites is 1. The van der Waals surface area contributed by atoms with Gasteiger partial charge in [-0.1, -0.05) is 12.1 Å². The van der Waals surface area contributed by atoms with Gasteiger partial charge in [-0.15, -0.1) is 0 Å². The number of hydrogen-bond acceptors (Lipinski definition) is 6. The van der Waals surface area contributed by atoms with Crippen LogP contribution in [-0.2, 0) is 0 Å². The molecule has 0 aliphatic rings. The second-order valence-corrected chi connectivity index (χ2v) is 4.12. The molecule has 0 unspecified atom stereocenters. The Balaban J connectivity index is 2.25. The molecule has 0 aliphatic carbocycles. The third-order valence-corrected chi connectivity index (χ3v) is 2.57. The lowest BCUT2D eigenvalue weighted by molar-refractivity contribution is 0.311. The fourth-order valence-electron chi connectivity index (χ4n) is 1.73. The monoisotopic (exact) mass is 269 g/mol. The number of nitriles is 1. The average molecular weight is 269 g/mol. The minimum atomic E-state index is 0.0308. The van der Waals surface area contributed by atoms with Crippen molar-refractivity contribution in [2.24, 2.45) is 0 Å². The molecule has 1 heterocycles. The topological polar surface area (TPSA) is 93.9 Å². The highest BCUT2D eigenvalue weighted by atomic mass is 16.3. The Kier molecular flexibility index (Phi) is 4.47. The van der Waals surface area contributed by atoms with Gasteiger partial charge in [0.2, 0.25) is 0 Å². The first-order chi connectivity index (χ1) is 9.72. The molecule has 0 aliphatic heterocycles. The summed E-state index contributed by atoms with van der Waals surface area (Å²) in [5.74, 6) is 1.83. The molecule has 0 radical (unpaired) electrons. The number of aromatic nitrogens is 2. The Morgan fingerprint density at radius 2 is 2.00 bits per heavy atom. The summed E-state index contributed by atoms with van der Waals surface area (Å²) < 4.78 is 0. The molecule has 1 aromatic carbocycles. The maximum absolute atomic E-state index is 9.06. The van der Waals surface area contributed by atoms with Crippen LogP contribution in [0.5, 0.6) is 0 Å². The molecule has 0 saturated carbocycles. The number of aliphatic hydroxyl groups excluding tert-OH is 1. The maximum atomic E-state index is 9.06. The standard InChI is InChI=1S/C14H15N5O/c1-10-17-13(16-6-7-20)8-14(18-10)19-12-5-3-2-4-11(12)9-15/h2-5,8,20H,6-7H2,1H3,(H2,16,17,18,19). The zero-order chi connectivity index (χ0) is 14.4. The zero-order valence-corrected chi connectivity index (χ0v) is 11.1. The normalized spacial score (nSPS) is 9.85. The fraction of sp³-hybridized carbons (Fsp3) is 0.214. The van der Waals surface area contributed by atoms with E-state index >= 15 is 0 Å². The molecule has 6 heteroatoms. The van der Waals surface area contributed by atoms with Crippen molar-refractivity contribution in [2.45, 2.75) is 6.92 Å². The number of aliphatic hydroxyl groups is 1. The van der Waals surface area contributed by atoms with Crippen LogP contribution in [0.4, 0.5) is 17.3 Å². The summed E-state index contributed by atoms with van der Waals surface area (Å²) in [5, 5.41) is 24.0. The molecule has 3 N–H and O–H groups in total. The molecule has 1 aromatic heterocycles. The number of aryl methyl sites for hydroxylation is 1. The van der Waals surface area contributed by atoms with E-state index < -0.39 is 0 Å². The Labute approximate surface area is 117 Å². The van der Waals surface area contributed by atoms with Crippen molar-refractivity contribution >= 4 is 17.3 Å². The zero-order valence-electron chi connectivity index (χ0n) is 11.1. The highest BCUT2D eigenvalue weighted by molar-refractivity contribution is 5.65. The lowest BCUT2D eigenvalue weighted by atomic mass is 10.2. The van der Waals surface area contributed by atoms with Crippen molar-refractivity contribution in [2.75, 3.05) is 23.8 Å². The van der Waals surface area contributed by atoms with Crippen molar-refractivity contribution < 1.29 is 5.11 Å². The second-order valence-electron chi connectivity index (χ2n) is 4.12. The van der Waals surface area contributed by atoms with Gasteiger partial charge in [-0.3, -0.25) is 0 Å². The van der Waals surface area contributed by atoms with E-state index in [0.29, 0.717) is 35.3 Å². The predicted molar refractivity (Wildman–Crippen MR) is 76.8 cm³/mol. The van der Waals surface area contributed by atoms with Crippen LogP contribution in [0, 0.1) is 18.3 Å². The van der Waals surface area contributed by atoms with Crippen LogP contribution < -0.4 is 10.6 Å². The average Bonchev–Trinajstić information content (AvgIpc) is 2.45. The molecule has 2 aromatic rings. The minimum absolute atomic E-state index is 0.0308. The van der Waals surface area contributed by atoms with E-state index in [9.17, 15) is 0 Å². The van der Waals surface area contributed by atoms with Crippen LogP contribution in [0.25, 0.3) is 0 Å². The summed E-state index contributed by atoms with van der Waals surface area (Å²) in [6.45, 7) is 2.24. The lowest BCUT2D eigenvalue weighted by Crippen LogP contribution is -2.09. The lowest BCUT2D eigenvalue weighted by Gasteiger charge is -2.10. The molecule has 0 spiro atoms. The van der Waals surface area contributed by atoms with Crippen molar-refractivity contribution in [3.05, 3.63) is 41.7 Å². The number of hydrogen-bond donors (Lipinski definition) is 3. The minimum Gasteiger partial charge on any atom is -0.395 e. The van der Waals surface area contributed by atoms with Crippen LogP contribution in [0.1, 0.15) is 11.4 Å². The van der Waals surface area contributed by atoms with E-state index in [1.54, 1.807) is 19.1 Å². The molecular weight excluding hydrogens is 254 g/mol. The van der Waals surface area contributed by atoms with Crippen molar-refractivity contribution in [3.8, 4) is 6.07 Å². The SMILES string of the molecule is Cc1nc(NCCO)cc(Nc2ccccc2C#N)n1. The van der Waals surface area contributed by atoms with Gasteiger partial charge in [0.05, 0.1) is 17.9 Å². The molecule has 0 saturated heterocycles. The first kappa shape index (κ1) is 13.8. The third kappa shape index (κ3) is 3.43. The van der Waals surface area contributed by atoms with Gasteiger partial charge in [-0.2, -0.15) is 5.26 Å². The Bertz CT molecular complexity index is 636. The summed E-state index contributed by atoms with van der Waals surface area (Å²) in [6.07, 6.45) is 0. The van der Waals surface area contributed by atoms with Gasteiger partial charge in [-0.25, -0.2) is 9.97 Å². The number of rotatable bonds is 5. The predicted octanol–water partition coefficient (Wildman–Crippen LogP) is 1.80. The van der Waals surface area contributed by atoms with Crippen LogP contribution in [0.15, 0.2) is 30.3 Å². The second kappa shape index (κ2) is 6.50. The van der Waals surface area contributed by atoms with Crippen molar-refractivity contribution in [1.82, 2.24) is 9.97 Å². The third-order valence-electron chi connectivity index (χ3n) is 2.57. The first-order valence-electron chi connectivity index (χ1n) is 6.19. The van der Waals surface area contributed by atoms with Crippen LogP contribution >= 0.6 is 0 Å². The molecule has 0 fully saturated rings. The molecule has 0 bridgehead atoms. The summed E-state index contributed by atoms with van der Waals surface area (Å²) in [5.41, 5.74) is 1.25. The quantitative estimate of drug-likeness (QED) is 0.766. The fourth-order valence-corrected chi connectivity index (χ4v) is 1.73. The summed E-state index contributed by atoms with van der Waals surface area (Å²) in [7, 11) is 0. The molecule has 0 atom stereocenters. The smallest absolute Gasteiger partial charge is 0.136 e. The van der Waals surface area contributed by atoms with E-state index in [1.807, 2.05) is 18.2 Å². The van der Waals surface area contributed by atoms with Gasteiger partial charge in [0.1, 0.15) is 23.5 Å². The number of benzene rings is 1. The molecule has 2 rings (SSSR count). The summed E-state index contributed by atoms with van der Waals surface area (Å²) in [4.78, 5) is 8.50. The highest BCUT2D eigenvalue weighted by Crippen LogP contribution is 2.20. The van der Waals surface area contributed by atoms with Crippen LogP contribution in [0.2, 0.25) is 0 Å². The molecule has 20 heavy (non-hydrogen) atoms. The first-order valence-corrected chi connectivity index (χ1v) is 6.19. The maximum Gasteiger partial charge on any atom is 0.136 e. The number of anilines is 3. The van der Waals surface area contributed by atoms with Gasteiger partial charge in [0, 0.05) is 12.6 Å². The molecular formula is C14H15N5O. The Morgan fingerprint density at radius 1 is 1.25 bits per heavy atom. The van der Waals surface area contributed by atoms with Gasteiger partial charge >= 0.3 is 0 Å². The Hall–Kier alpha value is -2.65. The molecule has 0 amide bonds. The van der Waals surface area contributed by atoms with E-state index in [1.165, 1.54) is 0 Å². The van der Waals surface area contributed by atoms with E-state index in [-0.39, 0.29) is 6.61 Å². The van der Waals surface area contributed by atoms with Gasteiger partial charge in [0.15, 0.2) is 0 Å². The van der Waals surface area contributed by atoms with E-state index in [0.717, 1.165) is 0 Å². The summed E-state index contributed by atoms with van der Waals surface area (Å²) >= 11 is 0. The Morgan fingerprint density at radius 3 is 2.75 bits per heavy atom. The number of nitrogens with zero attached hydrogens (tertiary/aromatic N) is 3. The largest absolute Gasteiger partial charge is 0.395 e. The van der Waals surface area contributed by atoms with Gasteiger partial charge in [-0.05, 0) is 19.1 Å². The molecule has 102 valence electrons. The highest BCUT2D eigenvalue weighted by Gasteiger charge is 2.05. The van der Waals surface area contributed by atoms with Crippen molar-refractivity contribution in [1.29, 1.82) is 5.26 Å². The van der Waals surface area contributed by atoms with Crippen molar-refractivity contribution in [3.63, 3.8) is 0 Å². The van der Waals surface area contributed by atoms with Crippen LogP contribution in [0.3, 0.4) is 0 Å². The number of nitrogens with one attached hydrogen (secondary N) is 2. The van der Waals surface area contributed by atoms with E-state index in [2.05, 4.69) is 26.7 Å². The van der Waals surface area contributed by atoms with Gasteiger partial charge < -0.3 is 15.7 Å².